The van der Waals surface area contributed by atoms with E-state index < -0.39 is 6.10 Å². The predicted molar refractivity (Wildman–Crippen MR) is 95.4 cm³/mol. The summed E-state index contributed by atoms with van der Waals surface area (Å²) in [7, 11) is 0. The minimum absolute atomic E-state index is 0.150. The number of fused-ring (bicyclic) bond motifs is 1. The van der Waals surface area contributed by atoms with Crippen molar-refractivity contribution in [1.29, 1.82) is 0 Å². The van der Waals surface area contributed by atoms with Crippen molar-refractivity contribution in [2.45, 2.75) is 17.9 Å². The first-order chi connectivity index (χ1) is 11.6. The smallest absolute Gasteiger partial charge is 0.270 e. The Bertz CT molecular complexity index is 858. The molecule has 0 spiro atoms. The van der Waals surface area contributed by atoms with Gasteiger partial charge < -0.3 is 10.4 Å². The summed E-state index contributed by atoms with van der Waals surface area (Å²) in [6.07, 6.45) is 3.07. The first-order valence-electron chi connectivity index (χ1n) is 7.64. The van der Waals surface area contributed by atoms with Crippen LogP contribution in [0.2, 0.25) is 0 Å². The van der Waals surface area contributed by atoms with Crippen molar-refractivity contribution in [3.63, 3.8) is 0 Å². The lowest BCUT2D eigenvalue weighted by molar-refractivity contribution is 0.0910. The molecule has 0 aliphatic heterocycles. The van der Waals surface area contributed by atoms with E-state index in [0.717, 1.165) is 16.1 Å². The van der Waals surface area contributed by atoms with Gasteiger partial charge in [-0.3, -0.25) is 9.20 Å². The number of aryl methyl sites for hydroxylation is 1. The average Bonchev–Trinajstić information content (AvgIpc) is 2.95. The summed E-state index contributed by atoms with van der Waals surface area (Å²) in [4.78, 5) is 18.0. The highest BCUT2D eigenvalue weighted by atomic mass is 32.2. The largest absolute Gasteiger partial charge is 0.387 e. The van der Waals surface area contributed by atoms with Gasteiger partial charge in [-0.05, 0) is 43.0 Å². The third-order valence-corrected chi connectivity index (χ3v) is 4.62. The molecule has 0 saturated heterocycles. The fourth-order valence-corrected chi connectivity index (χ4v) is 3.01. The zero-order valence-corrected chi connectivity index (χ0v) is 14.4. The molecular weight excluding hydrogens is 322 g/mol. The zero-order valence-electron chi connectivity index (χ0n) is 13.6. The number of thioether (sulfide) groups is 1. The Morgan fingerprint density at radius 2 is 2.04 bits per heavy atom. The molecule has 24 heavy (non-hydrogen) atoms. The number of pyridine rings is 1. The number of aromatic nitrogens is 2. The second-order valence-corrected chi connectivity index (χ2v) is 6.35. The van der Waals surface area contributed by atoms with Gasteiger partial charge in [-0.25, -0.2) is 4.98 Å². The number of nitrogens with one attached hydrogen (secondary N) is 1. The molecule has 2 N–H and O–H groups in total. The number of carbonyl (C=O) groups excluding carboxylic acids is 1. The maximum atomic E-state index is 12.5. The van der Waals surface area contributed by atoms with E-state index in [1.165, 1.54) is 0 Å². The minimum Gasteiger partial charge on any atom is -0.387 e. The molecule has 1 unspecified atom stereocenters. The van der Waals surface area contributed by atoms with Crippen LogP contribution in [-0.2, 0) is 0 Å². The SMILES string of the molecule is CSc1ccc(C(O)CNC(=O)c2c(C)nc3ccccn23)cc1. The molecule has 0 radical (unpaired) electrons. The summed E-state index contributed by atoms with van der Waals surface area (Å²) in [5, 5.41) is 13.1. The third kappa shape index (κ3) is 3.29. The highest BCUT2D eigenvalue weighted by Crippen LogP contribution is 2.19. The van der Waals surface area contributed by atoms with Gasteiger partial charge in [0.2, 0.25) is 0 Å². The summed E-state index contributed by atoms with van der Waals surface area (Å²) in [6, 6.07) is 13.3. The standard InChI is InChI=1S/C18H19N3O2S/c1-12-17(21-10-4-3-5-16(21)20-12)18(23)19-11-15(22)13-6-8-14(24-2)9-7-13/h3-10,15,22H,11H2,1-2H3,(H,19,23). The number of carbonyl (C=O) groups is 1. The zero-order chi connectivity index (χ0) is 17.1. The first-order valence-corrected chi connectivity index (χ1v) is 8.86. The van der Waals surface area contributed by atoms with Gasteiger partial charge >= 0.3 is 0 Å². The van der Waals surface area contributed by atoms with E-state index in [1.807, 2.05) is 54.9 Å². The first kappa shape index (κ1) is 16.5. The summed E-state index contributed by atoms with van der Waals surface area (Å²) in [5.74, 6) is -0.244. The molecule has 3 rings (SSSR count). The van der Waals surface area contributed by atoms with Gasteiger partial charge in [-0.1, -0.05) is 18.2 Å². The van der Waals surface area contributed by atoms with E-state index in [-0.39, 0.29) is 12.5 Å². The van der Waals surface area contributed by atoms with Crippen molar-refractivity contribution >= 4 is 23.3 Å². The molecule has 0 bridgehead atoms. The van der Waals surface area contributed by atoms with Gasteiger partial charge in [0.1, 0.15) is 11.3 Å². The number of nitrogens with zero attached hydrogens (tertiary/aromatic N) is 2. The normalized spacial score (nSPS) is 12.3. The molecule has 6 heteroatoms. The van der Waals surface area contributed by atoms with Gasteiger partial charge in [0.25, 0.3) is 5.91 Å². The monoisotopic (exact) mass is 341 g/mol. The molecule has 1 atom stereocenters. The molecular formula is C18H19N3O2S. The van der Waals surface area contributed by atoms with Gasteiger partial charge in [0.05, 0.1) is 11.8 Å². The highest BCUT2D eigenvalue weighted by Gasteiger charge is 2.17. The molecule has 2 heterocycles. The highest BCUT2D eigenvalue weighted by molar-refractivity contribution is 7.98. The molecule has 0 fully saturated rings. The number of aliphatic hydroxyl groups is 1. The molecule has 124 valence electrons. The van der Waals surface area contributed by atoms with Crippen molar-refractivity contribution in [3.8, 4) is 0 Å². The lowest BCUT2D eigenvalue weighted by atomic mass is 10.1. The number of amides is 1. The van der Waals surface area contributed by atoms with Crippen LogP contribution < -0.4 is 5.32 Å². The van der Waals surface area contributed by atoms with Crippen LogP contribution in [0.25, 0.3) is 5.65 Å². The van der Waals surface area contributed by atoms with E-state index >= 15 is 0 Å². The molecule has 3 aromatic rings. The average molecular weight is 341 g/mol. The van der Waals surface area contributed by atoms with Crippen LogP contribution in [0.4, 0.5) is 0 Å². The number of aliphatic hydroxyl groups excluding tert-OH is 1. The summed E-state index contributed by atoms with van der Waals surface area (Å²) in [5.41, 5.74) is 2.67. The van der Waals surface area contributed by atoms with Gasteiger partial charge in [0.15, 0.2) is 0 Å². The van der Waals surface area contributed by atoms with Crippen LogP contribution in [0.5, 0.6) is 0 Å². The Balaban J connectivity index is 1.71. The maximum Gasteiger partial charge on any atom is 0.270 e. The van der Waals surface area contributed by atoms with E-state index in [1.54, 1.807) is 23.1 Å². The van der Waals surface area contributed by atoms with Crippen LogP contribution in [0.15, 0.2) is 53.6 Å². The van der Waals surface area contributed by atoms with Gasteiger partial charge in [-0.15, -0.1) is 11.8 Å². The van der Waals surface area contributed by atoms with E-state index in [0.29, 0.717) is 11.4 Å². The predicted octanol–water partition coefficient (Wildman–Crippen LogP) is 2.83. The van der Waals surface area contributed by atoms with E-state index in [4.69, 9.17) is 0 Å². The molecule has 5 nitrogen and oxygen atoms in total. The van der Waals surface area contributed by atoms with Crippen molar-refractivity contribution in [3.05, 3.63) is 65.6 Å². The van der Waals surface area contributed by atoms with Gasteiger partial charge in [-0.2, -0.15) is 0 Å². The maximum absolute atomic E-state index is 12.5. The summed E-state index contributed by atoms with van der Waals surface area (Å²) >= 11 is 1.65. The van der Waals surface area contributed by atoms with Crippen LogP contribution in [0.1, 0.15) is 27.8 Å². The quantitative estimate of drug-likeness (QED) is 0.700. The number of benzene rings is 1. The van der Waals surface area contributed by atoms with E-state index in [9.17, 15) is 9.90 Å². The molecule has 1 aromatic carbocycles. The fraction of sp³-hybridized carbons (Fsp3) is 0.222. The van der Waals surface area contributed by atoms with Crippen molar-refractivity contribution in [2.75, 3.05) is 12.8 Å². The Kier molecular flexibility index (Phi) is 4.87. The Morgan fingerprint density at radius 1 is 1.29 bits per heavy atom. The Hall–Kier alpha value is -2.31. The lowest BCUT2D eigenvalue weighted by Gasteiger charge is -2.13. The minimum atomic E-state index is -0.746. The van der Waals surface area contributed by atoms with Gasteiger partial charge in [0, 0.05) is 17.6 Å². The van der Waals surface area contributed by atoms with Crippen LogP contribution in [-0.4, -0.2) is 33.2 Å². The van der Waals surface area contributed by atoms with E-state index in [2.05, 4.69) is 10.3 Å². The summed E-state index contributed by atoms with van der Waals surface area (Å²) in [6.45, 7) is 1.95. The second-order valence-electron chi connectivity index (χ2n) is 5.47. The molecule has 0 aliphatic carbocycles. The van der Waals surface area contributed by atoms with Crippen LogP contribution >= 0.6 is 11.8 Å². The Morgan fingerprint density at radius 3 is 2.75 bits per heavy atom. The van der Waals surface area contributed by atoms with Crippen LogP contribution in [0, 0.1) is 6.92 Å². The fourth-order valence-electron chi connectivity index (χ4n) is 2.60. The number of hydrogen-bond acceptors (Lipinski definition) is 4. The number of rotatable bonds is 5. The number of hydrogen-bond donors (Lipinski definition) is 2. The molecule has 1 amide bonds. The Labute approximate surface area is 144 Å². The lowest BCUT2D eigenvalue weighted by Crippen LogP contribution is -2.29. The summed E-state index contributed by atoms with van der Waals surface area (Å²) < 4.78 is 1.75. The second kappa shape index (κ2) is 7.07. The third-order valence-electron chi connectivity index (χ3n) is 3.88. The molecule has 0 aliphatic rings. The van der Waals surface area contributed by atoms with Crippen LogP contribution in [0.3, 0.4) is 0 Å². The van der Waals surface area contributed by atoms with Crippen molar-refractivity contribution in [1.82, 2.24) is 14.7 Å². The molecule has 0 saturated carbocycles. The topological polar surface area (TPSA) is 66.6 Å². The molecule has 2 aromatic heterocycles. The number of imidazole rings is 1. The van der Waals surface area contributed by atoms with Crippen molar-refractivity contribution < 1.29 is 9.90 Å². The van der Waals surface area contributed by atoms with Crippen molar-refractivity contribution in [2.24, 2.45) is 0 Å².